The van der Waals surface area contributed by atoms with Crippen molar-refractivity contribution >= 4 is 28.4 Å². The van der Waals surface area contributed by atoms with Crippen LogP contribution >= 0.6 is 0 Å². The molecule has 0 spiro atoms. The van der Waals surface area contributed by atoms with E-state index < -0.39 is 0 Å². The Balaban J connectivity index is 1.31. The van der Waals surface area contributed by atoms with Crippen LogP contribution in [-0.4, -0.2) is 22.8 Å². The van der Waals surface area contributed by atoms with Gasteiger partial charge in [-0.05, 0) is 97.6 Å². The summed E-state index contributed by atoms with van der Waals surface area (Å²) in [6.45, 7) is 11.4. The van der Waals surface area contributed by atoms with Crippen LogP contribution in [0.1, 0.15) is 89.9 Å². The van der Waals surface area contributed by atoms with Gasteiger partial charge in [0.05, 0.1) is 0 Å². The Morgan fingerprint density at radius 1 is 0.950 bits per heavy atom. The van der Waals surface area contributed by atoms with Crippen LogP contribution in [-0.2, 0) is 4.79 Å². The van der Waals surface area contributed by atoms with Gasteiger partial charge in [0, 0.05) is 45.9 Å². The van der Waals surface area contributed by atoms with E-state index in [1.807, 2.05) is 36.5 Å². The molecule has 0 radical (unpaired) electrons. The van der Waals surface area contributed by atoms with Gasteiger partial charge in [-0.15, -0.1) is 0 Å². The maximum absolute atomic E-state index is 13.5. The number of carbonyl (C=O) groups excluding carboxylic acids is 2. The first kappa shape index (κ1) is 28.4. The molecule has 2 saturated carbocycles. The zero-order valence-electron chi connectivity index (χ0n) is 24.9. The Bertz CT molecular complexity index is 1320. The Morgan fingerprint density at radius 2 is 1.70 bits per heavy atom. The van der Waals surface area contributed by atoms with Gasteiger partial charge in [0.2, 0.25) is 5.91 Å². The molecule has 214 valence electrons. The van der Waals surface area contributed by atoms with Crippen molar-refractivity contribution in [3.05, 3.63) is 54.2 Å². The van der Waals surface area contributed by atoms with E-state index in [0.717, 1.165) is 59.8 Å². The van der Waals surface area contributed by atoms with E-state index in [9.17, 15) is 9.59 Å². The highest BCUT2D eigenvalue weighted by atomic mass is 16.2. The SMILES string of the molecule is CC(C)CC1CC(C)CC(C)C1NC(=O)c1ccc2[nH]cc(-c3ccc(NC(=O)C4CCCCC4C)cc3)c2c1. The van der Waals surface area contributed by atoms with Crippen LogP contribution in [0, 0.1) is 35.5 Å². The first-order valence-corrected chi connectivity index (χ1v) is 15.5. The molecule has 0 bridgehead atoms. The van der Waals surface area contributed by atoms with Gasteiger partial charge < -0.3 is 15.6 Å². The fourth-order valence-electron chi connectivity index (χ4n) is 7.52. The van der Waals surface area contributed by atoms with Gasteiger partial charge in [0.1, 0.15) is 0 Å². The summed E-state index contributed by atoms with van der Waals surface area (Å²) in [7, 11) is 0. The van der Waals surface area contributed by atoms with Gasteiger partial charge >= 0.3 is 0 Å². The fourth-order valence-corrected chi connectivity index (χ4v) is 7.52. The minimum Gasteiger partial charge on any atom is -0.361 e. The summed E-state index contributed by atoms with van der Waals surface area (Å²) in [4.78, 5) is 29.8. The largest absolute Gasteiger partial charge is 0.361 e. The summed E-state index contributed by atoms with van der Waals surface area (Å²) < 4.78 is 0. The Labute approximate surface area is 239 Å². The molecule has 2 fully saturated rings. The first-order valence-electron chi connectivity index (χ1n) is 15.5. The summed E-state index contributed by atoms with van der Waals surface area (Å²) in [5.74, 6) is 3.03. The van der Waals surface area contributed by atoms with E-state index in [1.54, 1.807) is 0 Å². The summed E-state index contributed by atoms with van der Waals surface area (Å²) in [5, 5.41) is 7.61. The van der Waals surface area contributed by atoms with Crippen molar-refractivity contribution in [1.29, 1.82) is 0 Å². The second-order valence-electron chi connectivity index (χ2n) is 13.3. The molecule has 6 unspecified atom stereocenters. The van der Waals surface area contributed by atoms with E-state index in [2.05, 4.69) is 62.4 Å². The lowest BCUT2D eigenvalue weighted by molar-refractivity contribution is -0.122. The quantitative estimate of drug-likeness (QED) is 0.281. The second kappa shape index (κ2) is 12.2. The Hall–Kier alpha value is -3.08. The fraction of sp³-hybridized carbons (Fsp3) is 0.543. The number of hydrogen-bond donors (Lipinski definition) is 3. The van der Waals surface area contributed by atoms with Crippen LogP contribution in [0.4, 0.5) is 5.69 Å². The number of fused-ring (bicyclic) bond motifs is 1. The first-order chi connectivity index (χ1) is 19.2. The number of aromatic amines is 1. The van der Waals surface area contributed by atoms with Gasteiger partial charge in [0.25, 0.3) is 5.91 Å². The maximum Gasteiger partial charge on any atom is 0.251 e. The van der Waals surface area contributed by atoms with Crippen molar-refractivity contribution in [2.75, 3.05) is 5.32 Å². The van der Waals surface area contributed by atoms with Gasteiger partial charge in [0.15, 0.2) is 0 Å². The number of amides is 2. The minimum atomic E-state index is 0.0178. The number of nitrogens with one attached hydrogen (secondary N) is 3. The van der Waals surface area contributed by atoms with Crippen LogP contribution < -0.4 is 10.6 Å². The van der Waals surface area contributed by atoms with Crippen molar-refractivity contribution in [1.82, 2.24) is 10.3 Å². The third-order valence-electron chi connectivity index (χ3n) is 9.53. The lowest BCUT2D eigenvalue weighted by atomic mass is 9.70. The zero-order valence-corrected chi connectivity index (χ0v) is 24.9. The van der Waals surface area contributed by atoms with Crippen molar-refractivity contribution in [3.63, 3.8) is 0 Å². The number of rotatable bonds is 7. The lowest BCUT2D eigenvalue weighted by Gasteiger charge is -2.41. The topological polar surface area (TPSA) is 74.0 Å². The summed E-state index contributed by atoms with van der Waals surface area (Å²) in [6.07, 6.45) is 9.98. The zero-order chi connectivity index (χ0) is 28.4. The molecule has 1 heterocycles. The normalized spacial score (nSPS) is 27.1. The summed E-state index contributed by atoms with van der Waals surface area (Å²) >= 11 is 0. The average molecular weight is 542 g/mol. The molecule has 2 aliphatic carbocycles. The van der Waals surface area contributed by atoms with Crippen molar-refractivity contribution in [3.8, 4) is 11.1 Å². The van der Waals surface area contributed by atoms with Crippen LogP contribution in [0.15, 0.2) is 48.7 Å². The average Bonchev–Trinajstić information content (AvgIpc) is 3.34. The van der Waals surface area contributed by atoms with Crippen molar-refractivity contribution in [2.45, 2.75) is 85.6 Å². The van der Waals surface area contributed by atoms with E-state index in [-0.39, 0.29) is 23.8 Å². The standard InChI is InChI=1S/C35H47N3O2/c1-21(2)16-27-18-22(3)17-24(5)33(27)38-34(39)26-12-15-32-30(19-26)31(20-36-32)25-10-13-28(14-11-25)37-35(40)29-9-7-6-8-23(29)4/h10-15,19-24,27,29,33,36H,6-9,16-18H2,1-5H3,(H,37,40)(H,38,39). The lowest BCUT2D eigenvalue weighted by Crippen LogP contribution is -2.48. The number of aromatic nitrogens is 1. The number of anilines is 1. The molecule has 0 saturated heterocycles. The number of carbonyl (C=O) groups is 2. The third-order valence-corrected chi connectivity index (χ3v) is 9.53. The molecule has 3 N–H and O–H groups in total. The highest BCUT2D eigenvalue weighted by Gasteiger charge is 2.35. The van der Waals surface area contributed by atoms with Crippen LogP contribution in [0.5, 0.6) is 0 Å². The van der Waals surface area contributed by atoms with Gasteiger partial charge in [-0.3, -0.25) is 9.59 Å². The molecular formula is C35H47N3O2. The maximum atomic E-state index is 13.5. The van der Waals surface area contributed by atoms with Crippen LogP contribution in [0.25, 0.3) is 22.0 Å². The van der Waals surface area contributed by atoms with Crippen molar-refractivity contribution < 1.29 is 9.59 Å². The second-order valence-corrected chi connectivity index (χ2v) is 13.3. The van der Waals surface area contributed by atoms with E-state index in [1.165, 1.54) is 12.8 Å². The van der Waals surface area contributed by atoms with Crippen molar-refractivity contribution in [2.24, 2.45) is 35.5 Å². The minimum absolute atomic E-state index is 0.0178. The smallest absolute Gasteiger partial charge is 0.251 e. The van der Waals surface area contributed by atoms with E-state index in [0.29, 0.717) is 35.2 Å². The molecule has 0 aliphatic heterocycles. The predicted octanol–water partition coefficient (Wildman–Crippen LogP) is 8.43. The summed E-state index contributed by atoms with van der Waals surface area (Å²) in [6, 6.07) is 14.2. The molecule has 40 heavy (non-hydrogen) atoms. The molecular weight excluding hydrogens is 494 g/mol. The Kier molecular flexibility index (Phi) is 8.68. The molecule has 2 amide bonds. The molecule has 2 aromatic carbocycles. The number of benzene rings is 2. The van der Waals surface area contributed by atoms with Crippen LogP contribution in [0.2, 0.25) is 0 Å². The van der Waals surface area contributed by atoms with Gasteiger partial charge in [-0.1, -0.05) is 59.6 Å². The molecule has 3 aromatic rings. The molecule has 6 atom stereocenters. The van der Waals surface area contributed by atoms with E-state index >= 15 is 0 Å². The third kappa shape index (κ3) is 6.29. The molecule has 2 aliphatic rings. The highest BCUT2D eigenvalue weighted by molar-refractivity contribution is 6.03. The van der Waals surface area contributed by atoms with E-state index in [4.69, 9.17) is 0 Å². The molecule has 1 aromatic heterocycles. The van der Waals surface area contributed by atoms with Gasteiger partial charge in [-0.25, -0.2) is 0 Å². The molecule has 5 heteroatoms. The predicted molar refractivity (Wildman–Crippen MR) is 165 cm³/mol. The molecule has 5 nitrogen and oxygen atoms in total. The van der Waals surface area contributed by atoms with Crippen LogP contribution in [0.3, 0.4) is 0 Å². The number of hydrogen-bond acceptors (Lipinski definition) is 2. The highest BCUT2D eigenvalue weighted by Crippen LogP contribution is 2.37. The number of H-pyrrole nitrogens is 1. The molecule has 5 rings (SSSR count). The van der Waals surface area contributed by atoms with Gasteiger partial charge in [-0.2, -0.15) is 0 Å². The monoisotopic (exact) mass is 541 g/mol. The summed E-state index contributed by atoms with van der Waals surface area (Å²) in [5.41, 5.74) is 4.65. The Morgan fingerprint density at radius 3 is 2.42 bits per heavy atom.